The van der Waals surface area contributed by atoms with Crippen molar-refractivity contribution in [3.05, 3.63) is 0 Å². The first-order chi connectivity index (χ1) is 12.5. The van der Waals surface area contributed by atoms with Crippen molar-refractivity contribution in [2.24, 2.45) is 4.99 Å². The van der Waals surface area contributed by atoms with Crippen LogP contribution < -0.4 is 5.32 Å². The van der Waals surface area contributed by atoms with Crippen LogP contribution in [0.2, 0.25) is 0 Å². The third-order valence-corrected chi connectivity index (χ3v) is 9.27. The molecule has 0 radical (unpaired) electrons. The maximum Gasteiger partial charge on any atom is 0.193 e. The van der Waals surface area contributed by atoms with E-state index in [4.69, 9.17) is 0 Å². The van der Waals surface area contributed by atoms with E-state index in [9.17, 15) is 8.42 Å². The lowest BCUT2D eigenvalue weighted by atomic mass is 9.87. The number of nitrogens with zero attached hydrogens (tertiary/aromatic N) is 3. The van der Waals surface area contributed by atoms with Crippen molar-refractivity contribution in [2.45, 2.75) is 69.1 Å². The summed E-state index contributed by atoms with van der Waals surface area (Å²) < 4.78 is 25.1. The minimum absolute atomic E-state index is 0.262. The van der Waals surface area contributed by atoms with Gasteiger partial charge in [0.05, 0.1) is 10.5 Å². The van der Waals surface area contributed by atoms with Gasteiger partial charge in [-0.25, -0.2) is 8.42 Å². The maximum atomic E-state index is 12.8. The van der Waals surface area contributed by atoms with Gasteiger partial charge in [0, 0.05) is 32.7 Å². The van der Waals surface area contributed by atoms with E-state index in [0.717, 1.165) is 44.7 Å². The maximum absolute atomic E-state index is 12.8. The summed E-state index contributed by atoms with van der Waals surface area (Å²) in [4.78, 5) is 9.24. The van der Waals surface area contributed by atoms with Crippen LogP contribution in [0.3, 0.4) is 0 Å². The van der Waals surface area contributed by atoms with Crippen molar-refractivity contribution in [2.75, 3.05) is 45.5 Å². The minimum Gasteiger partial charge on any atom is -0.355 e. The molecule has 1 spiro atoms. The lowest BCUT2D eigenvalue weighted by Crippen LogP contribution is -2.61. The molecule has 26 heavy (non-hydrogen) atoms. The highest BCUT2D eigenvalue weighted by Gasteiger charge is 2.48. The molecule has 1 saturated carbocycles. The molecule has 2 saturated heterocycles. The zero-order valence-corrected chi connectivity index (χ0v) is 17.4. The zero-order chi connectivity index (χ0) is 18.6. The molecule has 7 heteroatoms. The molecule has 0 bridgehead atoms. The predicted molar refractivity (Wildman–Crippen MR) is 107 cm³/mol. The number of guanidine groups is 1. The summed E-state index contributed by atoms with van der Waals surface area (Å²) in [6.07, 6.45) is 8.69. The normalized spacial score (nSPS) is 29.7. The van der Waals surface area contributed by atoms with Crippen molar-refractivity contribution < 1.29 is 8.42 Å². The predicted octanol–water partition coefficient (Wildman–Crippen LogP) is 1.87. The molecule has 6 nitrogen and oxygen atoms in total. The molecule has 2 heterocycles. The van der Waals surface area contributed by atoms with Crippen LogP contribution in [0.15, 0.2) is 4.99 Å². The Morgan fingerprint density at radius 3 is 2.62 bits per heavy atom. The average molecular weight is 385 g/mol. The number of nitrogens with one attached hydrogen (secondary N) is 1. The summed E-state index contributed by atoms with van der Waals surface area (Å²) in [7, 11) is -1.18. The Kier molecular flexibility index (Phi) is 6.49. The van der Waals surface area contributed by atoms with Crippen LogP contribution >= 0.6 is 0 Å². The molecule has 1 N–H and O–H groups in total. The fourth-order valence-corrected chi connectivity index (χ4v) is 7.22. The Bertz CT molecular complexity index is 599. The molecule has 2 aliphatic heterocycles. The second kappa shape index (κ2) is 8.46. The first-order valence-electron chi connectivity index (χ1n) is 10.4. The lowest BCUT2D eigenvalue weighted by molar-refractivity contribution is 0.156. The van der Waals surface area contributed by atoms with Crippen molar-refractivity contribution in [1.82, 2.24) is 15.1 Å². The molecular formula is C19H36N4O2S. The Balaban J connectivity index is 1.65. The molecule has 3 aliphatic rings. The SMILES string of the molecule is CCN1CCCCC1CNC(=NC)N1CCS(=O)(=O)C2(CCCCC2)C1. The number of hydrogen-bond donors (Lipinski definition) is 1. The fraction of sp³-hybridized carbons (Fsp3) is 0.947. The van der Waals surface area contributed by atoms with E-state index in [1.165, 1.54) is 32.2 Å². The minimum atomic E-state index is -3.00. The van der Waals surface area contributed by atoms with Crippen molar-refractivity contribution in [3.63, 3.8) is 0 Å². The van der Waals surface area contributed by atoms with Crippen molar-refractivity contribution in [3.8, 4) is 0 Å². The molecule has 1 unspecified atom stereocenters. The van der Waals surface area contributed by atoms with Crippen LogP contribution in [-0.4, -0.2) is 80.5 Å². The summed E-state index contributed by atoms with van der Waals surface area (Å²) in [5.41, 5.74) is 0. The van der Waals surface area contributed by atoms with Gasteiger partial charge >= 0.3 is 0 Å². The molecule has 1 atom stereocenters. The third-order valence-electron chi connectivity index (χ3n) is 6.70. The van der Waals surface area contributed by atoms with Crippen LogP contribution in [0.1, 0.15) is 58.3 Å². The molecule has 0 aromatic heterocycles. The second-order valence-electron chi connectivity index (χ2n) is 8.19. The molecule has 3 rings (SSSR count). The van der Waals surface area contributed by atoms with E-state index in [1.54, 1.807) is 0 Å². The van der Waals surface area contributed by atoms with Crippen LogP contribution in [0.4, 0.5) is 0 Å². The highest BCUT2D eigenvalue weighted by Crippen LogP contribution is 2.38. The molecule has 0 amide bonds. The van der Waals surface area contributed by atoms with E-state index in [-0.39, 0.29) is 5.75 Å². The van der Waals surface area contributed by atoms with Gasteiger partial charge < -0.3 is 10.2 Å². The largest absolute Gasteiger partial charge is 0.355 e. The van der Waals surface area contributed by atoms with Crippen LogP contribution in [0.25, 0.3) is 0 Å². The van der Waals surface area contributed by atoms with E-state index in [0.29, 0.717) is 19.1 Å². The molecular weight excluding hydrogens is 348 g/mol. The smallest absolute Gasteiger partial charge is 0.193 e. The number of rotatable bonds is 3. The second-order valence-corrected chi connectivity index (χ2v) is 10.7. The van der Waals surface area contributed by atoms with Gasteiger partial charge in [0.1, 0.15) is 0 Å². The lowest BCUT2D eigenvalue weighted by Gasteiger charge is -2.45. The average Bonchev–Trinajstić information content (AvgIpc) is 2.66. The highest BCUT2D eigenvalue weighted by atomic mass is 32.2. The number of likely N-dealkylation sites (tertiary alicyclic amines) is 1. The standard InChI is InChI=1S/C19H36N4O2S/c1-3-22-12-8-5-9-17(22)15-21-18(20-2)23-13-14-26(24,25)19(16-23)10-6-4-7-11-19/h17H,3-16H2,1-2H3,(H,20,21). The number of hydrogen-bond acceptors (Lipinski definition) is 4. The van der Waals surface area contributed by atoms with Gasteiger partial charge in [0.2, 0.25) is 0 Å². The Morgan fingerprint density at radius 1 is 1.15 bits per heavy atom. The Labute approximate surface area is 159 Å². The summed E-state index contributed by atoms with van der Waals surface area (Å²) in [6, 6.07) is 0.558. The first kappa shape index (κ1) is 19.9. The molecule has 0 aromatic rings. The molecule has 1 aliphatic carbocycles. The highest BCUT2D eigenvalue weighted by molar-refractivity contribution is 7.92. The monoisotopic (exact) mass is 384 g/mol. The summed E-state index contributed by atoms with van der Waals surface area (Å²) in [5, 5.41) is 3.56. The van der Waals surface area contributed by atoms with Gasteiger partial charge in [0.25, 0.3) is 0 Å². The van der Waals surface area contributed by atoms with Gasteiger partial charge in [-0.1, -0.05) is 32.6 Å². The van der Waals surface area contributed by atoms with E-state index < -0.39 is 14.6 Å². The third kappa shape index (κ3) is 4.03. The van der Waals surface area contributed by atoms with Crippen molar-refractivity contribution >= 4 is 15.8 Å². The van der Waals surface area contributed by atoms with Crippen LogP contribution in [0, 0.1) is 0 Å². The number of aliphatic imine (C=N–C) groups is 1. The van der Waals surface area contributed by atoms with Crippen LogP contribution in [-0.2, 0) is 9.84 Å². The number of piperidine rings is 1. The topological polar surface area (TPSA) is 65.0 Å². The Hall–Kier alpha value is -0.820. The first-order valence-corrected chi connectivity index (χ1v) is 12.1. The molecule has 0 aromatic carbocycles. The van der Waals surface area contributed by atoms with Gasteiger partial charge in [-0.3, -0.25) is 9.89 Å². The zero-order valence-electron chi connectivity index (χ0n) is 16.5. The summed E-state index contributed by atoms with van der Waals surface area (Å²) in [5.74, 6) is 1.14. The van der Waals surface area contributed by atoms with E-state index in [2.05, 4.69) is 27.0 Å². The molecule has 3 fully saturated rings. The summed E-state index contributed by atoms with van der Waals surface area (Å²) in [6.45, 7) is 6.58. The van der Waals surface area contributed by atoms with E-state index in [1.807, 2.05) is 7.05 Å². The molecule has 150 valence electrons. The Morgan fingerprint density at radius 2 is 1.92 bits per heavy atom. The van der Waals surface area contributed by atoms with E-state index >= 15 is 0 Å². The van der Waals surface area contributed by atoms with Crippen LogP contribution in [0.5, 0.6) is 0 Å². The van der Waals surface area contributed by atoms with Gasteiger partial charge in [-0.05, 0) is 38.8 Å². The van der Waals surface area contributed by atoms with Gasteiger partial charge in [-0.2, -0.15) is 0 Å². The fourth-order valence-electron chi connectivity index (χ4n) is 5.07. The van der Waals surface area contributed by atoms with Crippen molar-refractivity contribution in [1.29, 1.82) is 0 Å². The van der Waals surface area contributed by atoms with Gasteiger partial charge in [-0.15, -0.1) is 0 Å². The van der Waals surface area contributed by atoms with Gasteiger partial charge in [0.15, 0.2) is 15.8 Å². The number of likely N-dealkylation sites (N-methyl/N-ethyl adjacent to an activating group) is 1. The quantitative estimate of drug-likeness (QED) is 0.594. The number of sulfone groups is 1. The summed E-state index contributed by atoms with van der Waals surface area (Å²) >= 11 is 0.